The van der Waals surface area contributed by atoms with Crippen LogP contribution in [0.5, 0.6) is 0 Å². The van der Waals surface area contributed by atoms with Crippen LogP contribution in [0.2, 0.25) is 0 Å². The molecular weight excluding hydrogens is 452 g/mol. The molecule has 5 aromatic rings. The first kappa shape index (κ1) is 22.0. The van der Waals surface area contributed by atoms with Crippen LogP contribution in [0.25, 0.3) is 22.6 Å². The molecule has 0 saturated heterocycles. The van der Waals surface area contributed by atoms with E-state index in [0.29, 0.717) is 33.9 Å². The van der Waals surface area contributed by atoms with E-state index in [-0.39, 0.29) is 11.1 Å². The minimum absolute atomic E-state index is 0.0478. The minimum atomic E-state index is -0.608. The lowest BCUT2D eigenvalue weighted by atomic mass is 10.1. The van der Waals surface area contributed by atoms with Gasteiger partial charge in [-0.05, 0) is 66.7 Å². The first-order chi connectivity index (χ1) is 17.0. The Hall–Kier alpha value is -4.85. The normalized spacial score (nSPS) is 10.8. The Labute approximate surface area is 198 Å². The molecule has 8 heteroatoms. The summed E-state index contributed by atoms with van der Waals surface area (Å²) >= 11 is 0. The van der Waals surface area contributed by atoms with E-state index in [1.165, 1.54) is 36.4 Å². The summed E-state index contributed by atoms with van der Waals surface area (Å²) in [6.45, 7) is 0. The zero-order valence-corrected chi connectivity index (χ0v) is 18.1. The van der Waals surface area contributed by atoms with E-state index in [4.69, 9.17) is 4.42 Å². The highest BCUT2D eigenvalue weighted by atomic mass is 19.1. The number of carbonyl (C=O) groups is 2. The third-order valence-electron chi connectivity index (χ3n) is 5.27. The smallest absolute Gasteiger partial charge is 0.258 e. The molecule has 1 heterocycles. The molecule has 0 unspecified atom stereocenters. The van der Waals surface area contributed by atoms with Crippen molar-refractivity contribution < 1.29 is 22.8 Å². The lowest BCUT2D eigenvalue weighted by molar-refractivity contribution is 0.101. The van der Waals surface area contributed by atoms with Gasteiger partial charge in [0.15, 0.2) is 5.58 Å². The number of anilines is 2. The van der Waals surface area contributed by atoms with E-state index in [1.54, 1.807) is 54.6 Å². The van der Waals surface area contributed by atoms with Gasteiger partial charge in [0.25, 0.3) is 11.8 Å². The lowest BCUT2D eigenvalue weighted by Gasteiger charge is -2.06. The molecule has 0 aliphatic rings. The molecule has 4 aromatic carbocycles. The summed E-state index contributed by atoms with van der Waals surface area (Å²) in [5, 5.41) is 5.31. The second-order valence-corrected chi connectivity index (χ2v) is 7.65. The van der Waals surface area contributed by atoms with Gasteiger partial charge in [0.2, 0.25) is 5.89 Å². The van der Waals surface area contributed by atoms with E-state index in [2.05, 4.69) is 15.6 Å². The molecule has 35 heavy (non-hydrogen) atoms. The van der Waals surface area contributed by atoms with Gasteiger partial charge in [0.05, 0.1) is 11.1 Å². The van der Waals surface area contributed by atoms with E-state index in [1.807, 2.05) is 0 Å². The van der Waals surface area contributed by atoms with E-state index < -0.39 is 23.4 Å². The number of carbonyl (C=O) groups excluding carboxylic acids is 2. The molecule has 0 aliphatic carbocycles. The van der Waals surface area contributed by atoms with Crippen molar-refractivity contribution in [2.24, 2.45) is 0 Å². The van der Waals surface area contributed by atoms with Crippen molar-refractivity contribution in [3.63, 3.8) is 0 Å². The number of halogens is 2. The maximum atomic E-state index is 13.9. The summed E-state index contributed by atoms with van der Waals surface area (Å²) < 4.78 is 33.5. The Bertz CT molecular complexity index is 1560. The molecule has 0 spiro atoms. The predicted octanol–water partition coefficient (Wildman–Crippen LogP) is 6.28. The predicted molar refractivity (Wildman–Crippen MR) is 128 cm³/mol. The Morgan fingerprint density at radius 3 is 1.83 bits per heavy atom. The lowest BCUT2D eigenvalue weighted by Crippen LogP contribution is -2.13. The Kier molecular flexibility index (Phi) is 5.76. The number of aromatic nitrogens is 1. The SMILES string of the molecule is O=C(Nc1ccc(-c2nc3cc(NC(=O)c4ccccc4F)ccc3o2)cc1)c1ccccc1F. The van der Waals surface area contributed by atoms with Gasteiger partial charge in [0.1, 0.15) is 17.2 Å². The van der Waals surface area contributed by atoms with Gasteiger partial charge < -0.3 is 15.1 Å². The fourth-order valence-corrected chi connectivity index (χ4v) is 3.51. The standard InChI is InChI=1S/C27H17F2N3O3/c28-21-7-3-1-5-19(21)25(33)30-17-11-9-16(10-12-17)27-32-23-15-18(13-14-24(23)35-27)31-26(34)20-6-2-4-8-22(20)29/h1-15H,(H,30,33)(H,31,34). The van der Waals surface area contributed by atoms with E-state index in [9.17, 15) is 18.4 Å². The number of nitrogens with one attached hydrogen (secondary N) is 2. The quantitative estimate of drug-likeness (QED) is 0.317. The van der Waals surface area contributed by atoms with Crippen molar-refractivity contribution in [3.8, 4) is 11.5 Å². The van der Waals surface area contributed by atoms with E-state index >= 15 is 0 Å². The molecule has 0 radical (unpaired) electrons. The highest BCUT2D eigenvalue weighted by molar-refractivity contribution is 6.05. The molecule has 172 valence electrons. The summed E-state index contributed by atoms with van der Waals surface area (Å²) in [5.41, 5.74) is 2.48. The van der Waals surface area contributed by atoms with Crippen molar-refractivity contribution in [3.05, 3.63) is 114 Å². The summed E-state index contributed by atoms with van der Waals surface area (Å²) in [7, 11) is 0. The van der Waals surface area contributed by atoms with Gasteiger partial charge in [-0.2, -0.15) is 0 Å². The van der Waals surface area contributed by atoms with Crippen LogP contribution >= 0.6 is 0 Å². The third-order valence-corrected chi connectivity index (χ3v) is 5.27. The van der Waals surface area contributed by atoms with Gasteiger partial charge in [-0.15, -0.1) is 0 Å². The van der Waals surface area contributed by atoms with Crippen molar-refractivity contribution in [2.45, 2.75) is 0 Å². The fraction of sp³-hybridized carbons (Fsp3) is 0. The Morgan fingerprint density at radius 2 is 1.23 bits per heavy atom. The van der Waals surface area contributed by atoms with Crippen molar-refractivity contribution in [1.29, 1.82) is 0 Å². The Morgan fingerprint density at radius 1 is 0.686 bits per heavy atom. The van der Waals surface area contributed by atoms with Crippen LogP contribution in [0.15, 0.2) is 95.4 Å². The topological polar surface area (TPSA) is 84.2 Å². The molecule has 0 saturated carbocycles. The van der Waals surface area contributed by atoms with Gasteiger partial charge in [-0.3, -0.25) is 9.59 Å². The van der Waals surface area contributed by atoms with Crippen molar-refractivity contribution in [1.82, 2.24) is 4.98 Å². The summed E-state index contributed by atoms with van der Waals surface area (Å²) in [6.07, 6.45) is 0. The van der Waals surface area contributed by atoms with Crippen molar-refractivity contribution in [2.75, 3.05) is 10.6 Å². The number of rotatable bonds is 5. The van der Waals surface area contributed by atoms with Crippen LogP contribution in [-0.2, 0) is 0 Å². The minimum Gasteiger partial charge on any atom is -0.436 e. The van der Waals surface area contributed by atoms with Gasteiger partial charge >= 0.3 is 0 Å². The van der Waals surface area contributed by atoms with Crippen LogP contribution in [0.1, 0.15) is 20.7 Å². The second-order valence-electron chi connectivity index (χ2n) is 7.65. The molecule has 0 atom stereocenters. The number of amides is 2. The number of benzene rings is 4. The number of nitrogens with zero attached hydrogens (tertiary/aromatic N) is 1. The summed E-state index contributed by atoms with van der Waals surface area (Å²) in [4.78, 5) is 29.1. The Balaban J connectivity index is 1.32. The highest BCUT2D eigenvalue weighted by Crippen LogP contribution is 2.27. The zero-order valence-electron chi connectivity index (χ0n) is 18.1. The van der Waals surface area contributed by atoms with Crippen LogP contribution in [0, 0.1) is 11.6 Å². The average molecular weight is 469 g/mol. The molecule has 0 aliphatic heterocycles. The molecule has 2 N–H and O–H groups in total. The fourth-order valence-electron chi connectivity index (χ4n) is 3.51. The van der Waals surface area contributed by atoms with Crippen LogP contribution in [-0.4, -0.2) is 16.8 Å². The molecule has 6 nitrogen and oxygen atoms in total. The zero-order chi connectivity index (χ0) is 24.4. The molecular formula is C27H17F2N3O3. The maximum absolute atomic E-state index is 13.9. The number of oxazole rings is 1. The first-order valence-electron chi connectivity index (χ1n) is 10.6. The first-order valence-corrected chi connectivity index (χ1v) is 10.6. The average Bonchev–Trinajstić information content (AvgIpc) is 3.28. The van der Waals surface area contributed by atoms with Gasteiger partial charge in [-0.25, -0.2) is 13.8 Å². The summed E-state index contributed by atoms with van der Waals surface area (Å²) in [6, 6.07) is 23.1. The highest BCUT2D eigenvalue weighted by Gasteiger charge is 2.14. The molecule has 2 amide bonds. The number of fused-ring (bicyclic) bond motifs is 1. The second kappa shape index (κ2) is 9.18. The number of hydrogen-bond acceptors (Lipinski definition) is 4. The maximum Gasteiger partial charge on any atom is 0.258 e. The summed E-state index contributed by atoms with van der Waals surface area (Å²) in [5.74, 6) is -1.99. The van der Waals surface area contributed by atoms with Crippen LogP contribution < -0.4 is 10.6 Å². The van der Waals surface area contributed by atoms with Gasteiger partial charge in [0, 0.05) is 16.9 Å². The van der Waals surface area contributed by atoms with E-state index in [0.717, 1.165) is 0 Å². The van der Waals surface area contributed by atoms with Crippen molar-refractivity contribution >= 4 is 34.3 Å². The third kappa shape index (κ3) is 4.63. The monoisotopic (exact) mass is 469 g/mol. The molecule has 0 bridgehead atoms. The van der Waals surface area contributed by atoms with Crippen LogP contribution in [0.4, 0.5) is 20.2 Å². The molecule has 5 rings (SSSR count). The largest absolute Gasteiger partial charge is 0.436 e. The van der Waals surface area contributed by atoms with Gasteiger partial charge in [-0.1, -0.05) is 24.3 Å². The number of hydrogen-bond donors (Lipinski definition) is 2. The van der Waals surface area contributed by atoms with Crippen LogP contribution in [0.3, 0.4) is 0 Å². The molecule has 1 aromatic heterocycles. The molecule has 0 fully saturated rings.